The van der Waals surface area contributed by atoms with Gasteiger partial charge in [0.2, 0.25) is 0 Å². The summed E-state index contributed by atoms with van der Waals surface area (Å²) in [6, 6.07) is 10.0. The summed E-state index contributed by atoms with van der Waals surface area (Å²) in [5.41, 5.74) is 2.19. The number of aryl methyl sites for hydroxylation is 2. The van der Waals surface area contributed by atoms with Gasteiger partial charge in [-0.15, -0.1) is 0 Å². The number of para-hydroxylation sites is 1. The first-order valence-electron chi connectivity index (χ1n) is 7.46. The molecule has 0 aliphatic rings. The molecule has 122 valence electrons. The van der Waals surface area contributed by atoms with Crippen molar-refractivity contribution in [3.05, 3.63) is 64.7 Å². The number of rotatable bonds is 4. The molecule has 23 heavy (non-hydrogen) atoms. The van der Waals surface area contributed by atoms with Crippen molar-refractivity contribution in [2.75, 3.05) is 5.32 Å². The average molecular weight is 321 g/mol. The highest BCUT2D eigenvalue weighted by Gasteiger charge is 2.30. The molecule has 0 heterocycles. The van der Waals surface area contributed by atoms with Gasteiger partial charge in [0, 0.05) is 11.3 Å². The van der Waals surface area contributed by atoms with Crippen LogP contribution in [-0.2, 0) is 19.0 Å². The van der Waals surface area contributed by atoms with Crippen LogP contribution in [0, 0.1) is 0 Å². The monoisotopic (exact) mass is 321 g/mol. The third kappa shape index (κ3) is 3.92. The van der Waals surface area contributed by atoms with Gasteiger partial charge in [-0.05, 0) is 48.2 Å². The van der Waals surface area contributed by atoms with Crippen LogP contribution in [0.15, 0.2) is 42.5 Å². The third-order valence-corrected chi connectivity index (χ3v) is 3.71. The molecule has 0 fully saturated rings. The Balaban J connectivity index is 2.26. The van der Waals surface area contributed by atoms with E-state index in [1.54, 1.807) is 0 Å². The molecule has 1 N–H and O–H groups in total. The molecule has 0 radical (unpaired) electrons. The molecule has 0 bridgehead atoms. The summed E-state index contributed by atoms with van der Waals surface area (Å²) in [4.78, 5) is 12.3. The molecular formula is C18H18F3NO. The molecule has 0 atom stereocenters. The highest BCUT2D eigenvalue weighted by atomic mass is 19.4. The van der Waals surface area contributed by atoms with Crippen molar-refractivity contribution in [2.45, 2.75) is 32.9 Å². The molecule has 5 heteroatoms. The van der Waals surface area contributed by atoms with Gasteiger partial charge in [0.05, 0.1) is 5.56 Å². The van der Waals surface area contributed by atoms with E-state index >= 15 is 0 Å². The van der Waals surface area contributed by atoms with Crippen LogP contribution in [0.25, 0.3) is 0 Å². The predicted octanol–water partition coefficient (Wildman–Crippen LogP) is 5.08. The highest BCUT2D eigenvalue weighted by Crippen LogP contribution is 2.29. The van der Waals surface area contributed by atoms with Gasteiger partial charge in [-0.3, -0.25) is 4.79 Å². The Morgan fingerprint density at radius 1 is 0.957 bits per heavy atom. The van der Waals surface area contributed by atoms with E-state index < -0.39 is 17.6 Å². The van der Waals surface area contributed by atoms with E-state index in [1.165, 1.54) is 12.1 Å². The van der Waals surface area contributed by atoms with Crippen LogP contribution < -0.4 is 5.32 Å². The Morgan fingerprint density at radius 2 is 1.48 bits per heavy atom. The summed E-state index contributed by atoms with van der Waals surface area (Å²) in [5.74, 6) is -0.408. The molecule has 0 aromatic heterocycles. The lowest BCUT2D eigenvalue weighted by molar-refractivity contribution is -0.137. The zero-order valence-electron chi connectivity index (χ0n) is 13.0. The third-order valence-electron chi connectivity index (χ3n) is 3.71. The zero-order chi connectivity index (χ0) is 17.0. The average Bonchev–Trinajstić information content (AvgIpc) is 2.54. The van der Waals surface area contributed by atoms with Crippen LogP contribution >= 0.6 is 0 Å². The second-order valence-corrected chi connectivity index (χ2v) is 5.19. The van der Waals surface area contributed by atoms with E-state index in [2.05, 4.69) is 5.32 Å². The number of nitrogens with one attached hydrogen (secondary N) is 1. The number of amides is 1. The minimum atomic E-state index is -4.40. The molecule has 2 aromatic rings. The van der Waals surface area contributed by atoms with E-state index in [0.717, 1.165) is 41.8 Å². The Kier molecular flexibility index (Phi) is 5.08. The first-order chi connectivity index (χ1) is 10.9. The Labute approximate surface area is 133 Å². The summed E-state index contributed by atoms with van der Waals surface area (Å²) >= 11 is 0. The number of carbonyl (C=O) groups is 1. The Hall–Kier alpha value is -2.30. The van der Waals surface area contributed by atoms with Crippen molar-refractivity contribution in [3.8, 4) is 0 Å². The summed E-state index contributed by atoms with van der Waals surface area (Å²) < 4.78 is 37.7. The van der Waals surface area contributed by atoms with Crippen molar-refractivity contribution < 1.29 is 18.0 Å². The summed E-state index contributed by atoms with van der Waals surface area (Å²) in [5, 5.41) is 2.84. The van der Waals surface area contributed by atoms with Crippen molar-refractivity contribution in [3.63, 3.8) is 0 Å². The number of halogens is 3. The molecule has 0 aliphatic carbocycles. The van der Waals surface area contributed by atoms with Crippen molar-refractivity contribution in [1.82, 2.24) is 0 Å². The summed E-state index contributed by atoms with van der Waals surface area (Å²) in [6.45, 7) is 3.98. The van der Waals surface area contributed by atoms with Crippen LogP contribution in [0.5, 0.6) is 0 Å². The van der Waals surface area contributed by atoms with E-state index in [9.17, 15) is 18.0 Å². The van der Waals surface area contributed by atoms with Gasteiger partial charge < -0.3 is 5.32 Å². The minimum absolute atomic E-state index is 0.200. The lowest BCUT2D eigenvalue weighted by atomic mass is 10.0. The van der Waals surface area contributed by atoms with Crippen LogP contribution in [0.4, 0.5) is 18.9 Å². The van der Waals surface area contributed by atoms with Crippen molar-refractivity contribution in [1.29, 1.82) is 0 Å². The summed E-state index contributed by atoms with van der Waals surface area (Å²) in [7, 11) is 0. The molecule has 2 aromatic carbocycles. The number of alkyl halides is 3. The van der Waals surface area contributed by atoms with Gasteiger partial charge in [0.1, 0.15) is 0 Å². The van der Waals surface area contributed by atoms with Crippen molar-refractivity contribution >= 4 is 11.6 Å². The van der Waals surface area contributed by atoms with Gasteiger partial charge in [0.25, 0.3) is 5.91 Å². The SMILES string of the molecule is CCc1cccc(CC)c1NC(=O)c1ccc(C(F)(F)F)cc1. The molecule has 2 nitrogen and oxygen atoms in total. The maximum atomic E-state index is 12.6. The smallest absolute Gasteiger partial charge is 0.321 e. The van der Waals surface area contributed by atoms with E-state index in [0.29, 0.717) is 0 Å². The van der Waals surface area contributed by atoms with Gasteiger partial charge in [-0.25, -0.2) is 0 Å². The van der Waals surface area contributed by atoms with E-state index in [1.807, 2.05) is 32.0 Å². The largest absolute Gasteiger partial charge is 0.416 e. The number of anilines is 1. The van der Waals surface area contributed by atoms with Gasteiger partial charge in [0.15, 0.2) is 0 Å². The van der Waals surface area contributed by atoms with Gasteiger partial charge in [-0.1, -0.05) is 32.0 Å². The molecule has 0 unspecified atom stereocenters. The minimum Gasteiger partial charge on any atom is -0.321 e. The fourth-order valence-corrected chi connectivity index (χ4v) is 2.40. The molecule has 2 rings (SSSR count). The summed E-state index contributed by atoms with van der Waals surface area (Å²) in [6.07, 6.45) is -2.88. The van der Waals surface area contributed by atoms with Crippen molar-refractivity contribution in [2.24, 2.45) is 0 Å². The molecular weight excluding hydrogens is 303 g/mol. The van der Waals surface area contributed by atoms with Crippen LogP contribution in [-0.4, -0.2) is 5.91 Å². The standard InChI is InChI=1S/C18H18F3NO/c1-3-12-6-5-7-13(4-2)16(12)22-17(23)14-8-10-15(11-9-14)18(19,20)21/h5-11H,3-4H2,1-2H3,(H,22,23). The second-order valence-electron chi connectivity index (χ2n) is 5.19. The first-order valence-corrected chi connectivity index (χ1v) is 7.46. The van der Waals surface area contributed by atoms with Crippen LogP contribution in [0.2, 0.25) is 0 Å². The number of hydrogen-bond donors (Lipinski definition) is 1. The van der Waals surface area contributed by atoms with Gasteiger partial charge in [-0.2, -0.15) is 13.2 Å². The fourth-order valence-electron chi connectivity index (χ4n) is 2.40. The van der Waals surface area contributed by atoms with E-state index in [4.69, 9.17) is 0 Å². The fraction of sp³-hybridized carbons (Fsp3) is 0.278. The van der Waals surface area contributed by atoms with Gasteiger partial charge >= 0.3 is 6.18 Å². The molecule has 0 saturated carbocycles. The Morgan fingerprint density at radius 3 is 1.91 bits per heavy atom. The lowest BCUT2D eigenvalue weighted by Gasteiger charge is -2.14. The topological polar surface area (TPSA) is 29.1 Å². The molecule has 0 aliphatic heterocycles. The maximum absolute atomic E-state index is 12.6. The molecule has 1 amide bonds. The number of benzene rings is 2. The molecule has 0 saturated heterocycles. The Bertz CT molecular complexity index is 668. The maximum Gasteiger partial charge on any atom is 0.416 e. The second kappa shape index (κ2) is 6.86. The quantitative estimate of drug-likeness (QED) is 0.835. The van der Waals surface area contributed by atoms with Crippen LogP contribution in [0.3, 0.4) is 0 Å². The van der Waals surface area contributed by atoms with Crippen LogP contribution in [0.1, 0.15) is 40.9 Å². The normalized spacial score (nSPS) is 11.3. The number of hydrogen-bond acceptors (Lipinski definition) is 1. The number of carbonyl (C=O) groups excluding carboxylic acids is 1. The highest BCUT2D eigenvalue weighted by molar-refractivity contribution is 6.05. The predicted molar refractivity (Wildman–Crippen MR) is 84.6 cm³/mol. The zero-order valence-corrected chi connectivity index (χ0v) is 13.0. The first kappa shape index (κ1) is 17.1. The van der Waals surface area contributed by atoms with E-state index in [-0.39, 0.29) is 5.56 Å². The lowest BCUT2D eigenvalue weighted by Crippen LogP contribution is -2.15. The molecule has 0 spiro atoms.